The average molecular weight is 281 g/mol. The second-order valence-corrected chi connectivity index (χ2v) is 5.67. The van der Waals surface area contributed by atoms with Crippen LogP contribution in [0.25, 0.3) is 0 Å². The van der Waals surface area contributed by atoms with Crippen LogP contribution in [0, 0.1) is 0 Å². The smallest absolute Gasteiger partial charge is 0.229 e. The normalized spacial score (nSPS) is 26.6. The molecule has 1 aromatic heterocycles. The van der Waals surface area contributed by atoms with Crippen LogP contribution in [0.15, 0.2) is 4.52 Å². The van der Waals surface area contributed by atoms with Crippen LogP contribution in [0.1, 0.15) is 43.8 Å². The lowest BCUT2D eigenvalue weighted by atomic mass is 9.84. The first-order valence-electron chi connectivity index (χ1n) is 7.53. The van der Waals surface area contributed by atoms with Gasteiger partial charge in [-0.25, -0.2) is 0 Å². The molecule has 1 unspecified atom stereocenters. The van der Waals surface area contributed by atoms with Gasteiger partial charge < -0.3 is 19.3 Å². The average Bonchev–Trinajstić information content (AvgIpc) is 2.98. The molecule has 1 N–H and O–H groups in total. The maximum Gasteiger partial charge on any atom is 0.229 e. The Morgan fingerprint density at radius 3 is 2.90 bits per heavy atom. The Morgan fingerprint density at radius 1 is 1.35 bits per heavy atom. The lowest BCUT2D eigenvalue weighted by molar-refractivity contribution is -0.0527. The van der Waals surface area contributed by atoms with Crippen LogP contribution in [0.4, 0.5) is 0 Å². The van der Waals surface area contributed by atoms with E-state index in [0.29, 0.717) is 18.1 Å². The largest absolute Gasteiger partial charge is 0.375 e. The van der Waals surface area contributed by atoms with Crippen LogP contribution in [-0.2, 0) is 21.5 Å². The first-order chi connectivity index (χ1) is 9.82. The molecule has 2 aliphatic rings. The van der Waals surface area contributed by atoms with Gasteiger partial charge >= 0.3 is 0 Å². The molecule has 1 saturated carbocycles. The van der Waals surface area contributed by atoms with Crippen LogP contribution >= 0.6 is 0 Å². The quantitative estimate of drug-likeness (QED) is 0.900. The fraction of sp³-hybridized carbons (Fsp3) is 0.857. The SMILES string of the molecule is COC1(c2noc(CC3CNCCO3)n2)CCCCC1. The molecule has 0 aromatic carbocycles. The molecule has 0 amide bonds. The second-order valence-electron chi connectivity index (χ2n) is 5.67. The number of ether oxygens (including phenoxy) is 2. The zero-order chi connectivity index (χ0) is 13.8. The molecule has 1 aromatic rings. The third kappa shape index (κ3) is 2.87. The number of nitrogens with zero attached hydrogens (tertiary/aromatic N) is 2. The number of aromatic nitrogens is 2. The lowest BCUT2D eigenvalue weighted by Gasteiger charge is -2.32. The Kier molecular flexibility index (Phi) is 4.33. The number of nitrogens with one attached hydrogen (secondary N) is 1. The third-order valence-electron chi connectivity index (χ3n) is 4.33. The van der Waals surface area contributed by atoms with Crippen molar-refractivity contribution in [1.82, 2.24) is 15.5 Å². The van der Waals surface area contributed by atoms with Crippen molar-refractivity contribution < 1.29 is 14.0 Å². The minimum atomic E-state index is -0.342. The molecular formula is C14H23N3O3. The van der Waals surface area contributed by atoms with E-state index >= 15 is 0 Å². The molecule has 6 heteroatoms. The van der Waals surface area contributed by atoms with Crippen molar-refractivity contribution in [2.24, 2.45) is 0 Å². The fourth-order valence-corrected chi connectivity index (χ4v) is 3.11. The summed E-state index contributed by atoms with van der Waals surface area (Å²) in [4.78, 5) is 4.56. The van der Waals surface area contributed by atoms with E-state index in [9.17, 15) is 0 Å². The van der Waals surface area contributed by atoms with E-state index in [2.05, 4.69) is 15.5 Å². The van der Waals surface area contributed by atoms with Crippen LogP contribution < -0.4 is 5.32 Å². The Labute approximate surface area is 119 Å². The van der Waals surface area contributed by atoms with Crippen molar-refractivity contribution in [3.8, 4) is 0 Å². The fourth-order valence-electron chi connectivity index (χ4n) is 3.11. The van der Waals surface area contributed by atoms with Crippen LogP contribution in [0.5, 0.6) is 0 Å². The third-order valence-corrected chi connectivity index (χ3v) is 4.33. The number of rotatable bonds is 4. The van der Waals surface area contributed by atoms with E-state index in [4.69, 9.17) is 14.0 Å². The molecule has 20 heavy (non-hydrogen) atoms. The van der Waals surface area contributed by atoms with Gasteiger partial charge in [0, 0.05) is 20.2 Å². The predicted octanol–water partition coefficient (Wildman–Crippen LogP) is 1.41. The monoisotopic (exact) mass is 281 g/mol. The van der Waals surface area contributed by atoms with Gasteiger partial charge in [-0.3, -0.25) is 0 Å². The Hall–Kier alpha value is -0.980. The topological polar surface area (TPSA) is 69.4 Å². The Morgan fingerprint density at radius 2 is 2.20 bits per heavy atom. The van der Waals surface area contributed by atoms with Gasteiger partial charge in [-0.05, 0) is 12.8 Å². The number of morpholine rings is 1. The van der Waals surface area contributed by atoms with Gasteiger partial charge in [0.15, 0.2) is 0 Å². The van der Waals surface area contributed by atoms with E-state index in [1.165, 1.54) is 6.42 Å². The van der Waals surface area contributed by atoms with E-state index in [-0.39, 0.29) is 11.7 Å². The highest BCUT2D eigenvalue weighted by Gasteiger charge is 2.38. The van der Waals surface area contributed by atoms with Gasteiger partial charge in [-0.15, -0.1) is 0 Å². The molecule has 2 heterocycles. The van der Waals surface area contributed by atoms with E-state index in [0.717, 1.165) is 45.4 Å². The van der Waals surface area contributed by atoms with Crippen molar-refractivity contribution in [2.75, 3.05) is 26.8 Å². The van der Waals surface area contributed by atoms with E-state index in [1.54, 1.807) is 7.11 Å². The van der Waals surface area contributed by atoms with Crippen LogP contribution in [0.2, 0.25) is 0 Å². The van der Waals surface area contributed by atoms with Crippen molar-refractivity contribution in [2.45, 2.75) is 50.2 Å². The lowest BCUT2D eigenvalue weighted by Crippen LogP contribution is -2.39. The molecule has 1 atom stereocenters. The summed E-state index contributed by atoms with van der Waals surface area (Å²) in [6.45, 7) is 2.50. The Bertz CT molecular complexity index is 423. The highest BCUT2D eigenvalue weighted by atomic mass is 16.5. The number of hydrogen-bond donors (Lipinski definition) is 1. The minimum absolute atomic E-state index is 0.127. The molecule has 6 nitrogen and oxygen atoms in total. The van der Waals surface area contributed by atoms with Gasteiger partial charge in [0.2, 0.25) is 11.7 Å². The molecule has 0 radical (unpaired) electrons. The standard InChI is InChI=1S/C14H23N3O3/c1-18-14(5-3-2-4-6-14)13-16-12(20-17-13)9-11-10-15-7-8-19-11/h11,15H,2-10H2,1H3. The summed E-state index contributed by atoms with van der Waals surface area (Å²) in [6.07, 6.45) is 6.33. The van der Waals surface area contributed by atoms with Crippen molar-refractivity contribution in [3.63, 3.8) is 0 Å². The highest BCUT2D eigenvalue weighted by Crippen LogP contribution is 2.38. The van der Waals surface area contributed by atoms with Crippen LogP contribution in [-0.4, -0.2) is 43.1 Å². The van der Waals surface area contributed by atoms with Gasteiger partial charge in [0.25, 0.3) is 0 Å². The summed E-state index contributed by atoms with van der Waals surface area (Å²) in [6, 6.07) is 0. The van der Waals surface area contributed by atoms with Crippen molar-refractivity contribution in [3.05, 3.63) is 11.7 Å². The van der Waals surface area contributed by atoms with E-state index < -0.39 is 0 Å². The van der Waals surface area contributed by atoms with Gasteiger partial charge in [0.1, 0.15) is 5.60 Å². The summed E-state index contributed by atoms with van der Waals surface area (Å²) in [7, 11) is 1.75. The van der Waals surface area contributed by atoms with Gasteiger partial charge in [-0.2, -0.15) is 4.98 Å². The van der Waals surface area contributed by atoms with E-state index in [1.807, 2.05) is 0 Å². The molecule has 1 aliphatic carbocycles. The van der Waals surface area contributed by atoms with Crippen molar-refractivity contribution in [1.29, 1.82) is 0 Å². The molecule has 112 valence electrons. The molecule has 0 spiro atoms. The number of methoxy groups -OCH3 is 1. The maximum absolute atomic E-state index is 5.74. The molecule has 0 bridgehead atoms. The number of hydrogen-bond acceptors (Lipinski definition) is 6. The van der Waals surface area contributed by atoms with Gasteiger partial charge in [0.05, 0.1) is 19.1 Å². The van der Waals surface area contributed by atoms with Crippen molar-refractivity contribution >= 4 is 0 Å². The second kappa shape index (κ2) is 6.20. The summed E-state index contributed by atoms with van der Waals surface area (Å²) in [5, 5.41) is 7.47. The molecule has 1 saturated heterocycles. The summed E-state index contributed by atoms with van der Waals surface area (Å²) in [5.41, 5.74) is -0.342. The zero-order valence-electron chi connectivity index (χ0n) is 12.1. The molecule has 2 fully saturated rings. The Balaban J connectivity index is 1.68. The zero-order valence-corrected chi connectivity index (χ0v) is 12.1. The predicted molar refractivity (Wildman–Crippen MR) is 72.4 cm³/mol. The summed E-state index contributed by atoms with van der Waals surface area (Å²) in [5.74, 6) is 1.36. The summed E-state index contributed by atoms with van der Waals surface area (Å²) >= 11 is 0. The minimum Gasteiger partial charge on any atom is -0.375 e. The highest BCUT2D eigenvalue weighted by molar-refractivity contribution is 5.03. The van der Waals surface area contributed by atoms with Crippen LogP contribution in [0.3, 0.4) is 0 Å². The molecular weight excluding hydrogens is 258 g/mol. The maximum atomic E-state index is 5.74. The molecule has 1 aliphatic heterocycles. The first kappa shape index (κ1) is 14.0. The molecule has 3 rings (SSSR count). The summed E-state index contributed by atoms with van der Waals surface area (Å²) < 4.78 is 16.8. The van der Waals surface area contributed by atoms with Gasteiger partial charge in [-0.1, -0.05) is 24.4 Å². The first-order valence-corrected chi connectivity index (χ1v) is 7.53.